The molecule has 12 heteroatoms. The fraction of sp³-hybridized carbons (Fsp3) is 0.273. The third-order valence-corrected chi connectivity index (χ3v) is 9.75. The SMILES string of the molecule is CCc1c(OCC2CO2)cccc1S(=O)(=O)Nc1ccccc1.Cc1ccc(S(=O)(=O)Nc2ccccc2)cc1OCC1CO1. The van der Waals surface area contributed by atoms with Crippen molar-refractivity contribution in [3.8, 4) is 11.5 Å². The first-order valence-electron chi connectivity index (χ1n) is 14.5. The highest BCUT2D eigenvalue weighted by atomic mass is 32.2. The van der Waals surface area contributed by atoms with Crippen LogP contribution in [-0.4, -0.2) is 55.5 Å². The van der Waals surface area contributed by atoms with E-state index >= 15 is 0 Å². The van der Waals surface area contributed by atoms with E-state index in [1.807, 2.05) is 26.0 Å². The zero-order valence-electron chi connectivity index (χ0n) is 25.0. The van der Waals surface area contributed by atoms with Gasteiger partial charge in [-0.05, 0) is 61.4 Å². The van der Waals surface area contributed by atoms with E-state index in [2.05, 4.69) is 9.44 Å². The molecule has 2 heterocycles. The standard InChI is InChI=1S/C17H19NO4S.C16H17NO4S/c1-2-15-16(22-12-14-11-21-14)9-6-10-17(15)23(19,20)18-13-7-4-3-5-8-13;1-12-7-8-15(9-16(12)21-11-14-10-20-14)22(18,19)17-13-5-3-2-4-6-13/h3-10,14,18H,2,11-12H2,1H3;2-9,14,17H,10-11H2,1H3. The zero-order chi connectivity index (χ0) is 31.9. The molecule has 0 aliphatic carbocycles. The maximum atomic E-state index is 12.7. The second kappa shape index (κ2) is 14.3. The van der Waals surface area contributed by atoms with Crippen molar-refractivity contribution < 1.29 is 35.8 Å². The lowest BCUT2D eigenvalue weighted by atomic mass is 10.1. The Labute approximate surface area is 264 Å². The average molecular weight is 653 g/mol. The Kier molecular flexibility index (Phi) is 10.3. The summed E-state index contributed by atoms with van der Waals surface area (Å²) < 4.78 is 77.0. The van der Waals surface area contributed by atoms with Crippen LogP contribution in [0.15, 0.2) is 107 Å². The van der Waals surface area contributed by atoms with Crippen molar-refractivity contribution in [1.82, 2.24) is 0 Å². The summed E-state index contributed by atoms with van der Waals surface area (Å²) >= 11 is 0. The number of hydrogen-bond donors (Lipinski definition) is 2. The van der Waals surface area contributed by atoms with Crippen LogP contribution in [0.3, 0.4) is 0 Å². The van der Waals surface area contributed by atoms with E-state index in [1.165, 1.54) is 0 Å². The van der Waals surface area contributed by atoms with Crippen molar-refractivity contribution >= 4 is 31.4 Å². The molecule has 4 aromatic carbocycles. The summed E-state index contributed by atoms with van der Waals surface area (Å²) in [5, 5.41) is 0. The van der Waals surface area contributed by atoms with Gasteiger partial charge < -0.3 is 18.9 Å². The molecule has 10 nitrogen and oxygen atoms in total. The molecule has 2 unspecified atom stereocenters. The summed E-state index contributed by atoms with van der Waals surface area (Å²) in [7, 11) is -7.30. The third-order valence-electron chi connectivity index (χ3n) is 6.91. The Morgan fingerprint density at radius 3 is 1.76 bits per heavy atom. The first kappa shape index (κ1) is 32.3. The number of ether oxygens (including phenoxy) is 4. The first-order chi connectivity index (χ1) is 21.6. The molecule has 2 saturated heterocycles. The molecule has 0 radical (unpaired) electrons. The highest BCUT2D eigenvalue weighted by Gasteiger charge is 2.26. The number of para-hydroxylation sites is 2. The second-order valence-electron chi connectivity index (χ2n) is 10.5. The fourth-order valence-electron chi connectivity index (χ4n) is 4.31. The van der Waals surface area contributed by atoms with Gasteiger partial charge in [-0.25, -0.2) is 16.8 Å². The number of sulfonamides is 2. The molecule has 0 amide bonds. The van der Waals surface area contributed by atoms with Gasteiger partial charge in [0.1, 0.15) is 36.9 Å². The van der Waals surface area contributed by atoms with Crippen LogP contribution in [0.25, 0.3) is 0 Å². The second-order valence-corrected chi connectivity index (χ2v) is 13.8. The molecule has 2 N–H and O–H groups in total. The van der Waals surface area contributed by atoms with Gasteiger partial charge in [-0.3, -0.25) is 9.44 Å². The minimum absolute atomic E-state index is 0.127. The molecule has 0 spiro atoms. The van der Waals surface area contributed by atoms with E-state index in [4.69, 9.17) is 18.9 Å². The molecule has 0 aromatic heterocycles. The third kappa shape index (κ3) is 9.21. The molecular weight excluding hydrogens is 617 g/mol. The van der Waals surface area contributed by atoms with Gasteiger partial charge in [-0.1, -0.05) is 55.5 Å². The summed E-state index contributed by atoms with van der Waals surface area (Å²) in [6.07, 6.45) is 0.816. The Bertz CT molecular complexity index is 1790. The quantitative estimate of drug-likeness (QED) is 0.183. The molecule has 6 rings (SSSR count). The van der Waals surface area contributed by atoms with Gasteiger partial charge in [-0.2, -0.15) is 0 Å². The van der Waals surface area contributed by atoms with Crippen molar-refractivity contribution in [3.63, 3.8) is 0 Å². The molecule has 238 valence electrons. The molecule has 0 bridgehead atoms. The minimum atomic E-state index is -3.66. The number of rotatable bonds is 13. The summed E-state index contributed by atoms with van der Waals surface area (Å²) in [6, 6.07) is 27.6. The van der Waals surface area contributed by atoms with Crippen molar-refractivity contribution in [1.29, 1.82) is 0 Å². The van der Waals surface area contributed by atoms with Crippen LogP contribution in [-0.2, 0) is 35.9 Å². The molecule has 2 atom stereocenters. The maximum absolute atomic E-state index is 12.7. The zero-order valence-corrected chi connectivity index (χ0v) is 26.6. The van der Waals surface area contributed by atoms with Crippen LogP contribution >= 0.6 is 0 Å². The highest BCUT2D eigenvalue weighted by molar-refractivity contribution is 7.93. The summed E-state index contributed by atoms with van der Waals surface area (Å²) in [6.45, 7) is 6.09. The molecule has 2 fully saturated rings. The maximum Gasteiger partial charge on any atom is 0.262 e. The van der Waals surface area contributed by atoms with Gasteiger partial charge in [0.25, 0.3) is 20.0 Å². The molecule has 2 aliphatic heterocycles. The fourth-order valence-corrected chi connectivity index (χ4v) is 6.77. The first-order valence-corrected chi connectivity index (χ1v) is 17.5. The number of anilines is 2. The predicted octanol–water partition coefficient (Wildman–Crippen LogP) is 5.40. The largest absolute Gasteiger partial charge is 0.490 e. The van der Waals surface area contributed by atoms with Gasteiger partial charge in [0.15, 0.2) is 0 Å². The van der Waals surface area contributed by atoms with E-state index in [9.17, 15) is 16.8 Å². The topological polar surface area (TPSA) is 136 Å². The summed E-state index contributed by atoms with van der Waals surface area (Å²) in [5.41, 5.74) is 2.63. The van der Waals surface area contributed by atoms with E-state index in [1.54, 1.807) is 84.9 Å². The van der Waals surface area contributed by atoms with Crippen molar-refractivity contribution in [2.24, 2.45) is 0 Å². The predicted molar refractivity (Wildman–Crippen MR) is 172 cm³/mol. The molecule has 4 aromatic rings. The van der Waals surface area contributed by atoms with Crippen LogP contribution < -0.4 is 18.9 Å². The average Bonchev–Trinajstić information content (AvgIpc) is 3.96. The van der Waals surface area contributed by atoms with E-state index < -0.39 is 20.0 Å². The Morgan fingerprint density at radius 2 is 1.22 bits per heavy atom. The van der Waals surface area contributed by atoms with Gasteiger partial charge >= 0.3 is 0 Å². The molecule has 2 aliphatic rings. The molecular formula is C33H36N2O8S2. The van der Waals surface area contributed by atoms with Gasteiger partial charge in [-0.15, -0.1) is 0 Å². The number of benzene rings is 4. The lowest BCUT2D eigenvalue weighted by Gasteiger charge is -2.15. The lowest BCUT2D eigenvalue weighted by molar-refractivity contribution is 0.260. The van der Waals surface area contributed by atoms with Crippen molar-refractivity contribution in [2.75, 3.05) is 35.9 Å². The van der Waals surface area contributed by atoms with Crippen LogP contribution in [0.5, 0.6) is 11.5 Å². The Balaban J connectivity index is 0.000000178. The molecule has 45 heavy (non-hydrogen) atoms. The van der Waals surface area contributed by atoms with Crippen LogP contribution in [0.1, 0.15) is 18.1 Å². The number of epoxide rings is 2. The number of hydrogen-bond acceptors (Lipinski definition) is 8. The van der Waals surface area contributed by atoms with Crippen molar-refractivity contribution in [3.05, 3.63) is 108 Å². The Hall–Kier alpha value is -4.10. The van der Waals surface area contributed by atoms with Crippen LogP contribution in [0, 0.1) is 6.92 Å². The van der Waals surface area contributed by atoms with Gasteiger partial charge in [0, 0.05) is 23.0 Å². The van der Waals surface area contributed by atoms with E-state index in [0.717, 1.165) is 5.56 Å². The Morgan fingerprint density at radius 1 is 0.689 bits per heavy atom. The summed E-state index contributed by atoms with van der Waals surface area (Å²) in [4.78, 5) is 0.423. The van der Waals surface area contributed by atoms with Crippen molar-refractivity contribution in [2.45, 2.75) is 42.3 Å². The van der Waals surface area contributed by atoms with Crippen LogP contribution in [0.2, 0.25) is 0 Å². The highest BCUT2D eigenvalue weighted by Crippen LogP contribution is 2.29. The van der Waals surface area contributed by atoms with Crippen LogP contribution in [0.4, 0.5) is 11.4 Å². The number of nitrogens with one attached hydrogen (secondary N) is 2. The lowest BCUT2D eigenvalue weighted by Crippen LogP contribution is -2.16. The number of aryl methyl sites for hydroxylation is 1. The minimum Gasteiger partial charge on any atom is -0.490 e. The van der Waals surface area contributed by atoms with E-state index in [0.29, 0.717) is 61.3 Å². The smallest absolute Gasteiger partial charge is 0.262 e. The normalized spacial score (nSPS) is 16.9. The van der Waals surface area contributed by atoms with Gasteiger partial charge in [0.2, 0.25) is 0 Å². The monoisotopic (exact) mass is 652 g/mol. The van der Waals surface area contributed by atoms with E-state index in [-0.39, 0.29) is 22.0 Å². The molecule has 0 saturated carbocycles. The summed E-state index contributed by atoms with van der Waals surface area (Å²) in [5.74, 6) is 1.16. The van der Waals surface area contributed by atoms with Gasteiger partial charge in [0.05, 0.1) is 23.0 Å².